The molecule has 0 spiro atoms. The summed E-state index contributed by atoms with van der Waals surface area (Å²) in [5.74, 6) is 0. The minimum Gasteiger partial charge on any atom is -0.0893 e. The first kappa shape index (κ1) is 14.0. The Morgan fingerprint density at radius 2 is 1.43 bits per heavy atom. The molecule has 0 aliphatic carbocycles. The van der Waals surface area contributed by atoms with E-state index in [1.807, 2.05) is 6.07 Å². The quantitative estimate of drug-likeness (QED) is 0.568. The Bertz CT molecular complexity index is 744. The average molecular weight is 290 g/mol. The summed E-state index contributed by atoms with van der Waals surface area (Å²) in [5, 5.41) is 2.61. The van der Waals surface area contributed by atoms with Gasteiger partial charge >= 0.3 is 0 Å². The van der Waals surface area contributed by atoms with Gasteiger partial charge in [0.15, 0.2) is 0 Å². The third kappa shape index (κ3) is 3.77. The second-order valence-corrected chi connectivity index (χ2v) is 5.96. The molecule has 0 amide bonds. The van der Waals surface area contributed by atoms with E-state index in [4.69, 9.17) is 12.2 Å². The van der Waals surface area contributed by atoms with E-state index in [1.54, 1.807) is 0 Å². The van der Waals surface area contributed by atoms with Crippen LogP contribution in [0.25, 0.3) is 10.8 Å². The number of benzene rings is 3. The van der Waals surface area contributed by atoms with Crippen LogP contribution in [0.1, 0.15) is 17.5 Å². The van der Waals surface area contributed by atoms with E-state index < -0.39 is 0 Å². The molecule has 0 atom stereocenters. The van der Waals surface area contributed by atoms with Crippen LogP contribution in [0, 0.1) is 0 Å². The maximum absolute atomic E-state index is 5.53. The highest BCUT2D eigenvalue weighted by atomic mass is 32.1. The number of aryl methyl sites for hydroxylation is 1. The maximum atomic E-state index is 5.53. The van der Waals surface area contributed by atoms with Gasteiger partial charge in [-0.3, -0.25) is 0 Å². The largest absolute Gasteiger partial charge is 0.0893 e. The molecule has 104 valence electrons. The Morgan fingerprint density at radius 3 is 2.24 bits per heavy atom. The maximum Gasteiger partial charge on any atom is 0.00383 e. The first-order valence-corrected chi connectivity index (χ1v) is 7.75. The number of thiocarbonyl (C=S) groups is 1. The first-order valence-electron chi connectivity index (χ1n) is 7.34. The van der Waals surface area contributed by atoms with Crippen LogP contribution >= 0.6 is 12.2 Å². The van der Waals surface area contributed by atoms with Gasteiger partial charge in [0.2, 0.25) is 0 Å². The predicted octanol–water partition coefficient (Wildman–Crippen LogP) is 5.39. The van der Waals surface area contributed by atoms with E-state index >= 15 is 0 Å². The third-order valence-electron chi connectivity index (χ3n) is 3.75. The lowest BCUT2D eigenvalue weighted by atomic mass is 10.0. The average Bonchev–Trinajstić information content (AvgIpc) is 2.54. The fraction of sp³-hybridized carbons (Fsp3) is 0.150. The molecule has 0 nitrogen and oxygen atoms in total. The van der Waals surface area contributed by atoms with Gasteiger partial charge in [0.25, 0.3) is 0 Å². The molecule has 0 fully saturated rings. The van der Waals surface area contributed by atoms with Gasteiger partial charge < -0.3 is 0 Å². The molecule has 0 saturated heterocycles. The van der Waals surface area contributed by atoms with E-state index in [1.165, 1.54) is 21.9 Å². The minimum absolute atomic E-state index is 0.907. The second-order valence-electron chi connectivity index (χ2n) is 5.38. The molecule has 0 heterocycles. The SMILES string of the molecule is S=C(CCc1ccc2ccccc2c1)Cc1ccccc1. The fourth-order valence-electron chi connectivity index (χ4n) is 2.59. The van der Waals surface area contributed by atoms with Gasteiger partial charge in [-0.05, 0) is 39.6 Å². The molecule has 21 heavy (non-hydrogen) atoms. The highest BCUT2D eigenvalue weighted by molar-refractivity contribution is 7.80. The van der Waals surface area contributed by atoms with Gasteiger partial charge in [0.1, 0.15) is 0 Å². The normalized spacial score (nSPS) is 10.7. The standard InChI is InChI=1S/C20H18S/c21-20(15-16-6-2-1-3-7-16)13-11-17-10-12-18-8-4-5-9-19(18)14-17/h1-10,12,14H,11,13,15H2. The van der Waals surface area contributed by atoms with Crippen LogP contribution in [-0.4, -0.2) is 4.86 Å². The van der Waals surface area contributed by atoms with Gasteiger partial charge in [-0.25, -0.2) is 0 Å². The van der Waals surface area contributed by atoms with Gasteiger partial charge in [-0.1, -0.05) is 85.0 Å². The Balaban J connectivity index is 1.62. The van der Waals surface area contributed by atoms with Gasteiger partial charge in [-0.2, -0.15) is 0 Å². The van der Waals surface area contributed by atoms with Crippen LogP contribution in [0.2, 0.25) is 0 Å². The summed E-state index contributed by atoms with van der Waals surface area (Å²) in [6, 6.07) is 25.6. The first-order chi connectivity index (χ1) is 10.3. The lowest BCUT2D eigenvalue weighted by Crippen LogP contribution is -2.01. The zero-order valence-electron chi connectivity index (χ0n) is 12.0. The van der Waals surface area contributed by atoms with E-state index in [2.05, 4.69) is 66.7 Å². The van der Waals surface area contributed by atoms with E-state index in [-0.39, 0.29) is 0 Å². The molecule has 0 aliphatic rings. The van der Waals surface area contributed by atoms with Crippen molar-refractivity contribution in [2.24, 2.45) is 0 Å². The number of hydrogen-bond acceptors (Lipinski definition) is 1. The zero-order chi connectivity index (χ0) is 14.5. The van der Waals surface area contributed by atoms with Crippen molar-refractivity contribution in [1.29, 1.82) is 0 Å². The molecule has 1 heteroatoms. The van der Waals surface area contributed by atoms with Crippen LogP contribution in [0.5, 0.6) is 0 Å². The molecule has 0 aliphatic heterocycles. The highest BCUT2D eigenvalue weighted by Crippen LogP contribution is 2.17. The Labute approximate surface area is 131 Å². The van der Waals surface area contributed by atoms with Crippen LogP contribution in [-0.2, 0) is 12.8 Å². The van der Waals surface area contributed by atoms with E-state index in [9.17, 15) is 0 Å². The van der Waals surface area contributed by atoms with Gasteiger partial charge in [-0.15, -0.1) is 0 Å². The molecule has 0 aromatic heterocycles. The van der Waals surface area contributed by atoms with E-state index in [0.29, 0.717) is 0 Å². The summed E-state index contributed by atoms with van der Waals surface area (Å²) in [6.45, 7) is 0. The van der Waals surface area contributed by atoms with Crippen molar-refractivity contribution in [1.82, 2.24) is 0 Å². The number of fused-ring (bicyclic) bond motifs is 1. The van der Waals surface area contributed by atoms with Crippen molar-refractivity contribution in [2.75, 3.05) is 0 Å². The van der Waals surface area contributed by atoms with Gasteiger partial charge in [0.05, 0.1) is 0 Å². The lowest BCUT2D eigenvalue weighted by molar-refractivity contribution is 1.03. The monoisotopic (exact) mass is 290 g/mol. The molecular weight excluding hydrogens is 272 g/mol. The van der Waals surface area contributed by atoms with Crippen molar-refractivity contribution in [2.45, 2.75) is 19.3 Å². The van der Waals surface area contributed by atoms with Crippen molar-refractivity contribution in [3.63, 3.8) is 0 Å². The molecule has 3 aromatic carbocycles. The number of rotatable bonds is 5. The third-order valence-corrected chi connectivity index (χ3v) is 4.10. The van der Waals surface area contributed by atoms with Crippen molar-refractivity contribution in [3.8, 4) is 0 Å². The minimum atomic E-state index is 0.907. The van der Waals surface area contributed by atoms with Crippen molar-refractivity contribution in [3.05, 3.63) is 83.9 Å². The van der Waals surface area contributed by atoms with Crippen LogP contribution in [0.4, 0.5) is 0 Å². The number of hydrogen-bond donors (Lipinski definition) is 0. The van der Waals surface area contributed by atoms with E-state index in [0.717, 1.165) is 24.1 Å². The highest BCUT2D eigenvalue weighted by Gasteiger charge is 2.02. The van der Waals surface area contributed by atoms with Crippen molar-refractivity contribution < 1.29 is 0 Å². The molecule has 0 N–H and O–H groups in total. The molecule has 3 rings (SSSR count). The molecular formula is C20H18S. The van der Waals surface area contributed by atoms with Crippen LogP contribution < -0.4 is 0 Å². The summed E-state index contributed by atoms with van der Waals surface area (Å²) >= 11 is 5.53. The summed E-state index contributed by atoms with van der Waals surface area (Å²) in [6.07, 6.45) is 2.91. The predicted molar refractivity (Wildman–Crippen MR) is 95.0 cm³/mol. The Kier molecular flexibility index (Phi) is 4.42. The van der Waals surface area contributed by atoms with Crippen LogP contribution in [0.3, 0.4) is 0 Å². The molecule has 3 aromatic rings. The second kappa shape index (κ2) is 6.64. The molecule has 0 bridgehead atoms. The summed E-state index contributed by atoms with van der Waals surface area (Å²) in [4.78, 5) is 1.13. The topological polar surface area (TPSA) is 0 Å². The van der Waals surface area contributed by atoms with Crippen molar-refractivity contribution >= 4 is 27.9 Å². The fourth-order valence-corrected chi connectivity index (χ4v) is 2.86. The van der Waals surface area contributed by atoms with Gasteiger partial charge in [0, 0.05) is 6.42 Å². The molecule has 0 radical (unpaired) electrons. The zero-order valence-corrected chi connectivity index (χ0v) is 12.8. The lowest BCUT2D eigenvalue weighted by Gasteiger charge is -2.06. The molecule has 0 saturated carbocycles. The molecule has 0 unspecified atom stereocenters. The summed E-state index contributed by atoms with van der Waals surface area (Å²) in [5.41, 5.74) is 2.67. The summed E-state index contributed by atoms with van der Waals surface area (Å²) < 4.78 is 0. The smallest absolute Gasteiger partial charge is 0.00383 e. The summed E-state index contributed by atoms with van der Waals surface area (Å²) in [7, 11) is 0. The Hall–Kier alpha value is -1.99. The Morgan fingerprint density at radius 1 is 0.714 bits per heavy atom. The van der Waals surface area contributed by atoms with Crippen LogP contribution in [0.15, 0.2) is 72.8 Å².